The average molecular weight is 971 g/mol. The molecule has 0 aromatic carbocycles. The Bertz CT molecular complexity index is 1550. The van der Waals surface area contributed by atoms with Crippen LogP contribution < -0.4 is 0 Å². The van der Waals surface area contributed by atoms with E-state index < -0.39 is 53.0 Å². The zero-order valence-electron chi connectivity index (χ0n) is 44.1. The van der Waals surface area contributed by atoms with Gasteiger partial charge in [-0.15, -0.1) is 0 Å². The predicted molar refractivity (Wildman–Crippen MR) is 255 cm³/mol. The van der Waals surface area contributed by atoms with Crippen LogP contribution in [0.15, 0.2) is 0 Å². The van der Waals surface area contributed by atoms with Gasteiger partial charge in [-0.2, -0.15) is 0 Å². The van der Waals surface area contributed by atoms with Gasteiger partial charge in [0.1, 0.15) is 43.2 Å². The fourth-order valence-electron chi connectivity index (χ4n) is 7.54. The number of carbonyl (C=O) groups excluding carboxylic acids is 7. The van der Waals surface area contributed by atoms with Crippen molar-refractivity contribution in [1.82, 2.24) is 0 Å². The third kappa shape index (κ3) is 23.7. The topological polar surface area (TPSA) is 203 Å². The van der Waals surface area contributed by atoms with Gasteiger partial charge in [0, 0.05) is 0 Å². The molecule has 16 nitrogen and oxygen atoms in total. The molecule has 0 aliphatic heterocycles. The molecule has 0 amide bonds. The molecule has 0 spiro atoms. The lowest BCUT2D eigenvalue weighted by molar-refractivity contribution is -0.176. The lowest BCUT2D eigenvalue weighted by Crippen LogP contribution is -2.38. The monoisotopic (exact) mass is 971 g/mol. The van der Waals surface area contributed by atoms with Crippen LogP contribution >= 0.6 is 0 Å². The first-order valence-corrected chi connectivity index (χ1v) is 25.4. The minimum absolute atomic E-state index is 0.0868. The van der Waals surface area contributed by atoms with E-state index in [0.29, 0.717) is 6.42 Å². The van der Waals surface area contributed by atoms with Crippen molar-refractivity contribution in [3.8, 4) is 0 Å². The molecule has 0 aromatic heterocycles. The summed E-state index contributed by atoms with van der Waals surface area (Å²) in [5, 5.41) is 0. The van der Waals surface area contributed by atoms with Gasteiger partial charge in [0.15, 0.2) is 13.2 Å². The van der Waals surface area contributed by atoms with Crippen molar-refractivity contribution in [2.45, 2.75) is 222 Å². The van der Waals surface area contributed by atoms with Crippen LogP contribution in [0.25, 0.3) is 0 Å². The maximum Gasteiger partial charge on any atom is 0.344 e. The average Bonchev–Trinajstić information content (AvgIpc) is 3.75. The SMILES string of the molecule is CCC(C)(C)C(=O)OCCOCC(=O)OC1(C)CCCC1.CCC1(OC(=O)COC(=O)COC(=O)C(C)(C)CC)CCCCC1.CCC1(OC(=O)COCCOC(=O)C(C)(C)CC)CCCCC1. The van der Waals surface area contributed by atoms with Crippen molar-refractivity contribution in [2.75, 3.05) is 52.9 Å². The van der Waals surface area contributed by atoms with Gasteiger partial charge < -0.3 is 42.6 Å². The highest BCUT2D eigenvalue weighted by molar-refractivity contribution is 5.81. The molecule has 0 atom stereocenters. The van der Waals surface area contributed by atoms with E-state index in [9.17, 15) is 33.6 Å². The summed E-state index contributed by atoms with van der Waals surface area (Å²) < 4.78 is 47.1. The van der Waals surface area contributed by atoms with Crippen LogP contribution in [0, 0.1) is 16.2 Å². The van der Waals surface area contributed by atoms with E-state index in [-0.39, 0.29) is 74.7 Å². The van der Waals surface area contributed by atoms with Gasteiger partial charge in [-0.3, -0.25) is 14.4 Å². The van der Waals surface area contributed by atoms with E-state index in [4.69, 9.17) is 42.6 Å². The zero-order chi connectivity index (χ0) is 51.5. The molecule has 3 rings (SSSR count). The molecule has 3 fully saturated rings. The largest absolute Gasteiger partial charge is 0.463 e. The molecule has 0 heterocycles. The predicted octanol–water partition coefficient (Wildman–Crippen LogP) is 9.66. The molecule has 0 unspecified atom stereocenters. The Kier molecular flexibility index (Phi) is 28.1. The number of esters is 7. The molecule has 394 valence electrons. The van der Waals surface area contributed by atoms with E-state index in [1.807, 2.05) is 62.3 Å². The van der Waals surface area contributed by atoms with Crippen molar-refractivity contribution in [1.29, 1.82) is 0 Å². The van der Waals surface area contributed by atoms with E-state index in [1.54, 1.807) is 13.8 Å². The maximum absolute atomic E-state index is 11.9. The van der Waals surface area contributed by atoms with Crippen LogP contribution in [0.1, 0.15) is 205 Å². The fourth-order valence-corrected chi connectivity index (χ4v) is 7.54. The number of ether oxygens (including phenoxy) is 9. The normalized spacial score (nSPS) is 17.4. The molecular formula is C52H90O16. The van der Waals surface area contributed by atoms with Gasteiger partial charge in [-0.1, -0.05) is 47.5 Å². The third-order valence-corrected chi connectivity index (χ3v) is 13.8. The van der Waals surface area contributed by atoms with Gasteiger partial charge >= 0.3 is 41.8 Å². The third-order valence-electron chi connectivity index (χ3n) is 13.8. The molecule has 0 saturated heterocycles. The van der Waals surface area contributed by atoms with Gasteiger partial charge in [0.05, 0.1) is 29.5 Å². The number of hydrogen-bond acceptors (Lipinski definition) is 16. The summed E-state index contributed by atoms with van der Waals surface area (Å²) in [6, 6.07) is 0. The first-order chi connectivity index (χ1) is 31.9. The smallest absolute Gasteiger partial charge is 0.344 e. The Morgan fingerprint density at radius 1 is 0.382 bits per heavy atom. The first-order valence-electron chi connectivity index (χ1n) is 25.4. The highest BCUT2D eigenvalue weighted by Crippen LogP contribution is 2.36. The molecule has 3 aliphatic carbocycles. The first kappa shape index (κ1) is 62.2. The minimum atomic E-state index is -0.749. The van der Waals surface area contributed by atoms with Gasteiger partial charge in [-0.25, -0.2) is 19.2 Å². The summed E-state index contributed by atoms with van der Waals surface area (Å²) in [5.74, 6) is -2.91. The molecule has 0 aromatic rings. The molecule has 3 aliphatic rings. The Labute approximate surface area is 407 Å². The molecule has 16 heteroatoms. The molecule has 0 bridgehead atoms. The summed E-state index contributed by atoms with van der Waals surface area (Å²) >= 11 is 0. The van der Waals surface area contributed by atoms with Gasteiger partial charge in [-0.05, 0) is 158 Å². The Hall–Kier alpha value is -3.79. The second kappa shape index (κ2) is 30.7. The number of carbonyl (C=O) groups is 7. The van der Waals surface area contributed by atoms with Crippen LogP contribution in [0.2, 0.25) is 0 Å². The van der Waals surface area contributed by atoms with Crippen LogP contribution in [-0.2, 0) is 76.2 Å². The maximum atomic E-state index is 11.9. The van der Waals surface area contributed by atoms with Crippen molar-refractivity contribution in [3.05, 3.63) is 0 Å². The summed E-state index contributed by atoms with van der Waals surface area (Å²) in [7, 11) is 0. The van der Waals surface area contributed by atoms with Crippen molar-refractivity contribution in [2.24, 2.45) is 16.2 Å². The van der Waals surface area contributed by atoms with Crippen molar-refractivity contribution >= 4 is 41.8 Å². The van der Waals surface area contributed by atoms with Gasteiger partial charge in [0.2, 0.25) is 0 Å². The molecular weight excluding hydrogens is 881 g/mol. The second-order valence-corrected chi connectivity index (χ2v) is 20.6. The molecule has 0 radical (unpaired) electrons. The lowest BCUT2D eigenvalue weighted by Gasteiger charge is -2.35. The van der Waals surface area contributed by atoms with E-state index in [2.05, 4.69) is 6.92 Å². The molecule has 3 saturated carbocycles. The van der Waals surface area contributed by atoms with E-state index >= 15 is 0 Å². The fraction of sp³-hybridized carbons (Fsp3) is 0.865. The molecule has 68 heavy (non-hydrogen) atoms. The van der Waals surface area contributed by atoms with Crippen LogP contribution in [-0.4, -0.2) is 111 Å². The summed E-state index contributed by atoms with van der Waals surface area (Å²) in [5.41, 5.74) is -2.63. The van der Waals surface area contributed by atoms with Crippen molar-refractivity contribution < 1.29 is 76.2 Å². The quantitative estimate of drug-likeness (QED) is 0.0475. The Morgan fingerprint density at radius 2 is 0.706 bits per heavy atom. The lowest BCUT2D eigenvalue weighted by atomic mass is 9.83. The highest BCUT2D eigenvalue weighted by Gasteiger charge is 2.36. The standard InChI is InChI=1S/C18H30O6.C18H32O5.C16H28O5/c1-5-17(3,4)16(21)23-12-14(19)22-13-15(20)24-18(6-2)10-8-7-9-11-18;1-5-17(3,4)16(20)22-13-12-21-14-15(19)23-18(6-2)10-8-7-9-11-18;1-5-15(2,3)14(18)20-11-10-19-12-13(17)21-16(4)8-6-7-9-16/h5-13H2,1-4H3;5-14H2,1-4H3;5-12H2,1-4H3. The number of rotatable bonds is 25. The van der Waals surface area contributed by atoms with Crippen LogP contribution in [0.3, 0.4) is 0 Å². The van der Waals surface area contributed by atoms with Gasteiger partial charge in [0.25, 0.3) is 0 Å². The zero-order valence-corrected chi connectivity index (χ0v) is 44.1. The summed E-state index contributed by atoms with van der Waals surface area (Å²) in [6.07, 6.45) is 18.0. The van der Waals surface area contributed by atoms with Crippen LogP contribution in [0.5, 0.6) is 0 Å². The molecule has 0 N–H and O–H groups in total. The minimum Gasteiger partial charge on any atom is -0.463 e. The second-order valence-electron chi connectivity index (χ2n) is 20.6. The summed E-state index contributed by atoms with van der Waals surface area (Å²) in [4.78, 5) is 82.3. The van der Waals surface area contributed by atoms with E-state index in [1.165, 1.54) is 6.42 Å². The van der Waals surface area contributed by atoms with E-state index in [0.717, 1.165) is 109 Å². The van der Waals surface area contributed by atoms with Crippen molar-refractivity contribution in [3.63, 3.8) is 0 Å². The summed E-state index contributed by atoms with van der Waals surface area (Å²) in [6.45, 7) is 22.3. The number of hydrogen-bond donors (Lipinski definition) is 0. The Balaban J connectivity index is 0.000000511. The Morgan fingerprint density at radius 3 is 1.07 bits per heavy atom. The highest BCUT2D eigenvalue weighted by atomic mass is 16.6. The van der Waals surface area contributed by atoms with Crippen LogP contribution in [0.4, 0.5) is 0 Å².